The molecule has 1 aromatic heterocycles. The molecule has 0 atom stereocenters. The van der Waals surface area contributed by atoms with Crippen LogP contribution in [-0.2, 0) is 26.4 Å². The molecule has 0 bridgehead atoms. The summed E-state index contributed by atoms with van der Waals surface area (Å²) in [5.74, 6) is -1.72. The summed E-state index contributed by atoms with van der Waals surface area (Å²) < 4.78 is 54.7. The number of nitrogens with zero attached hydrogens (tertiary/aromatic N) is 1. The van der Waals surface area contributed by atoms with Gasteiger partial charge in [0.2, 0.25) is 0 Å². The van der Waals surface area contributed by atoms with Crippen molar-refractivity contribution in [2.24, 2.45) is 0 Å². The van der Waals surface area contributed by atoms with Gasteiger partial charge in [-0.2, -0.15) is 13.2 Å². The van der Waals surface area contributed by atoms with Crippen molar-refractivity contribution in [3.63, 3.8) is 0 Å². The number of alkyl halides is 3. The number of fused-ring (bicyclic) bond motifs is 1. The second-order valence-electron chi connectivity index (χ2n) is 4.10. The van der Waals surface area contributed by atoms with Crippen LogP contribution in [0.3, 0.4) is 0 Å². The molecule has 0 fully saturated rings. The fraction of sp³-hybridized carbons (Fsp3) is 0.417. The number of methoxy groups -OCH3 is 3. The minimum absolute atomic E-state index is 0.0198. The number of rotatable bonds is 4. The van der Waals surface area contributed by atoms with Gasteiger partial charge >= 0.3 is 12.1 Å². The number of nitrogens with one attached hydrogen (secondary N) is 1. The standard InChI is InChI=1S/C12H12BrF3N2O3/c1-19-12(20-2,21-3)10-17-8-5-6(13)4-7(9(8)18-10)11(14,15)16/h4-5H,1-3H3,(H,17,18). The topological polar surface area (TPSA) is 56.4 Å². The SMILES string of the molecule is COC(OC)(OC)c1nc2c(C(F)(F)F)cc(Br)cc2[nH]1. The Labute approximate surface area is 126 Å². The summed E-state index contributed by atoms with van der Waals surface area (Å²) in [7, 11) is 3.88. The van der Waals surface area contributed by atoms with Crippen molar-refractivity contribution in [2.45, 2.75) is 12.1 Å². The maximum Gasteiger partial charge on any atom is 0.418 e. The summed E-state index contributed by atoms with van der Waals surface area (Å²) in [5.41, 5.74) is -0.926. The van der Waals surface area contributed by atoms with E-state index in [1.54, 1.807) is 0 Å². The van der Waals surface area contributed by atoms with Crippen LogP contribution in [0.1, 0.15) is 11.4 Å². The van der Waals surface area contributed by atoms with Gasteiger partial charge in [-0.15, -0.1) is 0 Å². The molecule has 0 saturated heterocycles. The Morgan fingerprint density at radius 3 is 2.14 bits per heavy atom. The Morgan fingerprint density at radius 2 is 1.67 bits per heavy atom. The third-order valence-electron chi connectivity index (χ3n) is 2.95. The van der Waals surface area contributed by atoms with E-state index in [0.717, 1.165) is 6.07 Å². The minimum Gasteiger partial charge on any atom is -0.335 e. The van der Waals surface area contributed by atoms with Crippen LogP contribution in [0.4, 0.5) is 13.2 Å². The van der Waals surface area contributed by atoms with Crippen molar-refractivity contribution in [3.8, 4) is 0 Å². The molecule has 0 unspecified atom stereocenters. The molecule has 0 amide bonds. The monoisotopic (exact) mass is 368 g/mol. The molecule has 0 spiro atoms. The fourth-order valence-corrected chi connectivity index (χ4v) is 2.44. The van der Waals surface area contributed by atoms with Crippen LogP contribution < -0.4 is 0 Å². The largest absolute Gasteiger partial charge is 0.418 e. The number of H-pyrrole nitrogens is 1. The van der Waals surface area contributed by atoms with Crippen molar-refractivity contribution in [1.82, 2.24) is 9.97 Å². The quantitative estimate of drug-likeness (QED) is 0.840. The van der Waals surface area contributed by atoms with Crippen molar-refractivity contribution in [3.05, 3.63) is 28.0 Å². The number of hydrogen-bond donors (Lipinski definition) is 1. The third-order valence-corrected chi connectivity index (χ3v) is 3.41. The number of halogens is 4. The maximum atomic E-state index is 13.1. The van der Waals surface area contributed by atoms with Crippen LogP contribution in [0.2, 0.25) is 0 Å². The smallest absolute Gasteiger partial charge is 0.335 e. The molecule has 0 aliphatic heterocycles. The van der Waals surface area contributed by atoms with Gasteiger partial charge in [0.15, 0.2) is 5.82 Å². The number of aromatic nitrogens is 2. The van der Waals surface area contributed by atoms with Crippen molar-refractivity contribution < 1.29 is 27.4 Å². The van der Waals surface area contributed by atoms with E-state index in [-0.39, 0.29) is 21.3 Å². The van der Waals surface area contributed by atoms with E-state index in [1.807, 2.05) is 0 Å². The first-order valence-corrected chi connectivity index (χ1v) is 6.49. The van der Waals surface area contributed by atoms with Gasteiger partial charge < -0.3 is 19.2 Å². The van der Waals surface area contributed by atoms with Crippen molar-refractivity contribution in [1.29, 1.82) is 0 Å². The Bertz CT molecular complexity index is 645. The van der Waals surface area contributed by atoms with Crippen LogP contribution in [0.5, 0.6) is 0 Å². The van der Waals surface area contributed by atoms with Gasteiger partial charge in [-0.3, -0.25) is 0 Å². The lowest BCUT2D eigenvalue weighted by molar-refractivity contribution is -0.368. The van der Waals surface area contributed by atoms with E-state index in [0.29, 0.717) is 0 Å². The Hall–Kier alpha value is -1.16. The number of ether oxygens (including phenoxy) is 3. The molecule has 21 heavy (non-hydrogen) atoms. The summed E-state index contributed by atoms with van der Waals surface area (Å²) in [6.07, 6.45) is -4.54. The number of benzene rings is 1. The van der Waals surface area contributed by atoms with Gasteiger partial charge in [0.25, 0.3) is 0 Å². The molecule has 0 radical (unpaired) electrons. The zero-order chi connectivity index (χ0) is 15.8. The van der Waals surface area contributed by atoms with Gasteiger partial charge in [-0.05, 0) is 12.1 Å². The van der Waals surface area contributed by atoms with Crippen LogP contribution in [-0.4, -0.2) is 31.3 Å². The zero-order valence-corrected chi connectivity index (χ0v) is 12.9. The van der Waals surface area contributed by atoms with Crippen LogP contribution in [0, 0.1) is 0 Å². The van der Waals surface area contributed by atoms with Crippen LogP contribution in [0.15, 0.2) is 16.6 Å². The van der Waals surface area contributed by atoms with Crippen molar-refractivity contribution in [2.75, 3.05) is 21.3 Å². The Kier molecular flexibility index (Phi) is 4.29. The lowest BCUT2D eigenvalue weighted by atomic mass is 10.2. The third kappa shape index (κ3) is 2.78. The predicted octanol–water partition coefficient (Wildman–Crippen LogP) is 3.39. The van der Waals surface area contributed by atoms with E-state index >= 15 is 0 Å². The summed E-state index contributed by atoms with van der Waals surface area (Å²) in [5, 5.41) is 0. The molecule has 9 heteroatoms. The molecule has 0 saturated carbocycles. The van der Waals surface area contributed by atoms with Gasteiger partial charge in [-0.1, -0.05) is 15.9 Å². The first-order valence-electron chi connectivity index (χ1n) is 5.69. The maximum absolute atomic E-state index is 13.1. The average molecular weight is 369 g/mol. The second kappa shape index (κ2) is 5.56. The Morgan fingerprint density at radius 1 is 1.10 bits per heavy atom. The summed E-state index contributed by atoms with van der Waals surface area (Å²) >= 11 is 3.05. The number of hydrogen-bond acceptors (Lipinski definition) is 4. The molecule has 0 aliphatic rings. The Balaban J connectivity index is 2.72. The summed E-state index contributed by atoms with van der Waals surface area (Å²) in [6, 6.07) is 2.44. The fourth-order valence-electron chi connectivity index (χ4n) is 1.98. The summed E-state index contributed by atoms with van der Waals surface area (Å²) in [6.45, 7) is 0. The van der Waals surface area contributed by atoms with Crippen LogP contribution >= 0.6 is 15.9 Å². The lowest BCUT2D eigenvalue weighted by Crippen LogP contribution is -2.34. The highest BCUT2D eigenvalue weighted by atomic mass is 79.9. The first kappa shape index (κ1) is 16.2. The highest BCUT2D eigenvalue weighted by molar-refractivity contribution is 9.10. The van der Waals surface area contributed by atoms with E-state index in [1.165, 1.54) is 27.4 Å². The first-order chi connectivity index (χ1) is 9.77. The molecule has 2 rings (SSSR count). The van der Waals surface area contributed by atoms with Gasteiger partial charge in [-0.25, -0.2) is 4.98 Å². The van der Waals surface area contributed by atoms with E-state index in [9.17, 15) is 13.2 Å². The van der Waals surface area contributed by atoms with E-state index < -0.39 is 17.7 Å². The molecular weight excluding hydrogens is 357 g/mol. The average Bonchev–Trinajstić information content (AvgIpc) is 2.83. The normalized spacial score (nSPS) is 13.1. The molecule has 1 N–H and O–H groups in total. The molecule has 116 valence electrons. The predicted molar refractivity (Wildman–Crippen MR) is 71.5 cm³/mol. The molecule has 2 aromatic rings. The highest BCUT2D eigenvalue weighted by Gasteiger charge is 2.39. The van der Waals surface area contributed by atoms with E-state index in [4.69, 9.17) is 14.2 Å². The van der Waals surface area contributed by atoms with E-state index in [2.05, 4.69) is 25.9 Å². The molecule has 1 heterocycles. The van der Waals surface area contributed by atoms with Crippen LogP contribution in [0.25, 0.3) is 11.0 Å². The molecule has 5 nitrogen and oxygen atoms in total. The van der Waals surface area contributed by atoms with Gasteiger partial charge in [0.1, 0.15) is 5.52 Å². The minimum atomic E-state index is -4.54. The second-order valence-corrected chi connectivity index (χ2v) is 5.02. The van der Waals surface area contributed by atoms with Gasteiger partial charge in [0.05, 0.1) is 11.1 Å². The molecule has 0 aliphatic carbocycles. The number of imidazole rings is 1. The molecule has 1 aromatic carbocycles. The zero-order valence-electron chi connectivity index (χ0n) is 11.3. The lowest BCUT2D eigenvalue weighted by Gasteiger charge is -2.25. The van der Waals surface area contributed by atoms with Gasteiger partial charge in [0, 0.05) is 25.8 Å². The van der Waals surface area contributed by atoms with Crippen molar-refractivity contribution >= 4 is 27.0 Å². The summed E-state index contributed by atoms with van der Waals surface area (Å²) in [4.78, 5) is 6.66. The highest BCUT2D eigenvalue weighted by Crippen LogP contribution is 2.37. The molecular formula is C12H12BrF3N2O3. The number of aromatic amines is 1.